The molecule has 2 aliphatic rings. The van der Waals surface area contributed by atoms with Gasteiger partial charge in [0.15, 0.2) is 25.0 Å². The summed E-state index contributed by atoms with van der Waals surface area (Å²) in [5.41, 5.74) is 0. The van der Waals surface area contributed by atoms with Gasteiger partial charge in [0, 0.05) is 0 Å². The molecule has 4 unspecified atom stereocenters. The molecule has 0 aliphatic carbocycles. The van der Waals surface area contributed by atoms with Crippen LogP contribution in [0.4, 0.5) is 0 Å². The predicted molar refractivity (Wildman–Crippen MR) is 35.5 cm³/mol. The van der Waals surface area contributed by atoms with E-state index in [0.29, 0.717) is 6.42 Å². The van der Waals surface area contributed by atoms with Crippen LogP contribution in [0, 0.1) is 0 Å². The molecule has 2 saturated heterocycles. The van der Waals surface area contributed by atoms with Gasteiger partial charge in [0.2, 0.25) is 0 Å². The van der Waals surface area contributed by atoms with Crippen LogP contribution >= 0.6 is 0 Å². The first-order chi connectivity index (χ1) is 5.31. The summed E-state index contributed by atoms with van der Waals surface area (Å²) in [6, 6.07) is 0. The first-order valence-electron chi connectivity index (χ1n) is 3.95. The van der Waals surface area contributed by atoms with E-state index in [9.17, 15) is 0 Å². The van der Waals surface area contributed by atoms with Gasteiger partial charge in [-0.2, -0.15) is 0 Å². The fourth-order valence-electron chi connectivity index (χ4n) is 1.11. The minimum atomic E-state index is -0.699. The SMILES string of the molecule is CCCC(O)OC1OC2OC12. The van der Waals surface area contributed by atoms with E-state index in [1.807, 2.05) is 6.92 Å². The molecule has 2 fully saturated rings. The standard InChI is InChI=1S/C7H12O4/c1-2-3-4(8)9-6-5-7(10-5)11-6/h4-8H,2-3H2,1H3. The molecule has 0 bridgehead atoms. The van der Waals surface area contributed by atoms with Crippen LogP contribution in [-0.4, -0.2) is 30.1 Å². The maximum Gasteiger partial charge on any atom is 0.195 e. The molecule has 64 valence electrons. The lowest BCUT2D eigenvalue weighted by atomic mass is 10.3. The Morgan fingerprint density at radius 1 is 1.55 bits per heavy atom. The van der Waals surface area contributed by atoms with E-state index < -0.39 is 6.29 Å². The highest BCUT2D eigenvalue weighted by Gasteiger charge is 2.60. The van der Waals surface area contributed by atoms with Crippen molar-refractivity contribution in [1.82, 2.24) is 0 Å². The molecule has 0 amide bonds. The molecule has 4 heteroatoms. The number of hydrogen-bond donors (Lipinski definition) is 1. The third-order valence-corrected chi connectivity index (χ3v) is 1.85. The second kappa shape index (κ2) is 2.71. The van der Waals surface area contributed by atoms with Crippen molar-refractivity contribution in [2.24, 2.45) is 0 Å². The Balaban J connectivity index is 1.64. The summed E-state index contributed by atoms with van der Waals surface area (Å²) in [7, 11) is 0. The van der Waals surface area contributed by atoms with Gasteiger partial charge in [0.25, 0.3) is 0 Å². The molecule has 1 N–H and O–H groups in total. The maximum absolute atomic E-state index is 9.16. The molecular formula is C7H12O4. The smallest absolute Gasteiger partial charge is 0.195 e. The Morgan fingerprint density at radius 2 is 2.36 bits per heavy atom. The zero-order chi connectivity index (χ0) is 7.84. The molecule has 4 atom stereocenters. The summed E-state index contributed by atoms with van der Waals surface area (Å²) in [5.74, 6) is 0. The number of fused-ring (bicyclic) bond motifs is 1. The molecule has 2 rings (SSSR count). The van der Waals surface area contributed by atoms with Crippen molar-refractivity contribution >= 4 is 0 Å². The average Bonchev–Trinajstić information content (AvgIpc) is 2.57. The second-order valence-electron chi connectivity index (χ2n) is 2.85. The van der Waals surface area contributed by atoms with Crippen LogP contribution in [0.3, 0.4) is 0 Å². The number of ether oxygens (including phenoxy) is 3. The molecule has 0 radical (unpaired) electrons. The van der Waals surface area contributed by atoms with Crippen molar-refractivity contribution in [2.45, 2.75) is 44.7 Å². The lowest BCUT2D eigenvalue weighted by Gasteiger charge is -2.23. The third-order valence-electron chi connectivity index (χ3n) is 1.85. The Labute approximate surface area is 65.1 Å². The molecular weight excluding hydrogens is 148 g/mol. The largest absolute Gasteiger partial charge is 0.368 e. The monoisotopic (exact) mass is 160 g/mol. The zero-order valence-electron chi connectivity index (χ0n) is 6.40. The van der Waals surface area contributed by atoms with Crippen molar-refractivity contribution in [1.29, 1.82) is 0 Å². The fourth-order valence-corrected chi connectivity index (χ4v) is 1.11. The van der Waals surface area contributed by atoms with Gasteiger partial charge in [-0.05, 0) is 6.42 Å². The molecule has 0 saturated carbocycles. The number of rotatable bonds is 4. The zero-order valence-corrected chi connectivity index (χ0v) is 6.40. The normalized spacial score (nSPS) is 42.5. The van der Waals surface area contributed by atoms with Gasteiger partial charge >= 0.3 is 0 Å². The van der Waals surface area contributed by atoms with Crippen LogP contribution in [0.2, 0.25) is 0 Å². The van der Waals surface area contributed by atoms with E-state index in [1.165, 1.54) is 0 Å². The second-order valence-corrected chi connectivity index (χ2v) is 2.85. The molecule has 0 spiro atoms. The summed E-state index contributed by atoms with van der Waals surface area (Å²) >= 11 is 0. The van der Waals surface area contributed by atoms with E-state index in [-0.39, 0.29) is 18.7 Å². The van der Waals surface area contributed by atoms with Crippen LogP contribution in [-0.2, 0) is 14.2 Å². The minimum absolute atomic E-state index is 0.0335. The molecule has 0 aromatic heterocycles. The summed E-state index contributed by atoms with van der Waals surface area (Å²) in [6.07, 6.45) is 0.604. The Hall–Kier alpha value is -0.160. The molecule has 4 nitrogen and oxygen atoms in total. The summed E-state index contributed by atoms with van der Waals surface area (Å²) < 4.78 is 15.1. The highest BCUT2D eigenvalue weighted by atomic mass is 16.9. The van der Waals surface area contributed by atoms with Crippen molar-refractivity contribution in [2.75, 3.05) is 0 Å². The van der Waals surface area contributed by atoms with E-state index in [2.05, 4.69) is 0 Å². The van der Waals surface area contributed by atoms with Crippen LogP contribution in [0.1, 0.15) is 19.8 Å². The predicted octanol–water partition coefficient (Wildman–Crippen LogP) is 0.203. The van der Waals surface area contributed by atoms with Gasteiger partial charge in [0.05, 0.1) is 0 Å². The van der Waals surface area contributed by atoms with Gasteiger partial charge in [0.1, 0.15) is 0 Å². The Bertz CT molecular complexity index is 149. The molecule has 0 aromatic rings. The maximum atomic E-state index is 9.16. The first-order valence-corrected chi connectivity index (χ1v) is 3.95. The summed E-state index contributed by atoms with van der Waals surface area (Å²) in [4.78, 5) is 0. The Kier molecular flexibility index (Phi) is 1.85. The third kappa shape index (κ3) is 1.39. The van der Waals surface area contributed by atoms with Crippen molar-refractivity contribution < 1.29 is 19.3 Å². The van der Waals surface area contributed by atoms with Crippen molar-refractivity contribution in [3.63, 3.8) is 0 Å². The lowest BCUT2D eigenvalue weighted by molar-refractivity contribution is -0.268. The van der Waals surface area contributed by atoms with Gasteiger partial charge in [-0.15, -0.1) is 0 Å². The molecule has 2 aliphatic heterocycles. The van der Waals surface area contributed by atoms with E-state index in [1.54, 1.807) is 0 Å². The highest BCUT2D eigenvalue weighted by Crippen LogP contribution is 2.40. The topological polar surface area (TPSA) is 51.2 Å². The van der Waals surface area contributed by atoms with Crippen LogP contribution in [0.5, 0.6) is 0 Å². The quantitative estimate of drug-likeness (QED) is 0.471. The van der Waals surface area contributed by atoms with Crippen LogP contribution in [0.15, 0.2) is 0 Å². The fraction of sp³-hybridized carbons (Fsp3) is 1.00. The summed E-state index contributed by atoms with van der Waals surface area (Å²) in [6.45, 7) is 1.99. The van der Waals surface area contributed by atoms with E-state index in [4.69, 9.17) is 19.3 Å². The van der Waals surface area contributed by atoms with Crippen LogP contribution in [0.25, 0.3) is 0 Å². The van der Waals surface area contributed by atoms with Gasteiger partial charge in [-0.3, -0.25) is 0 Å². The van der Waals surface area contributed by atoms with Crippen molar-refractivity contribution in [3.05, 3.63) is 0 Å². The molecule has 11 heavy (non-hydrogen) atoms. The van der Waals surface area contributed by atoms with E-state index >= 15 is 0 Å². The number of aliphatic hydroxyl groups excluding tert-OH is 1. The van der Waals surface area contributed by atoms with Crippen molar-refractivity contribution in [3.8, 4) is 0 Å². The average molecular weight is 160 g/mol. The first kappa shape index (κ1) is 7.49. The Morgan fingerprint density at radius 3 is 2.82 bits per heavy atom. The number of epoxide rings is 1. The highest BCUT2D eigenvalue weighted by molar-refractivity contribution is 4.90. The van der Waals surface area contributed by atoms with Gasteiger partial charge in [-0.1, -0.05) is 13.3 Å². The summed E-state index contributed by atoms with van der Waals surface area (Å²) in [5, 5.41) is 9.16. The number of hydrogen-bond acceptors (Lipinski definition) is 4. The van der Waals surface area contributed by atoms with E-state index in [0.717, 1.165) is 6.42 Å². The minimum Gasteiger partial charge on any atom is -0.368 e. The number of aliphatic hydroxyl groups is 1. The van der Waals surface area contributed by atoms with Gasteiger partial charge in [-0.25, -0.2) is 0 Å². The van der Waals surface area contributed by atoms with Crippen LogP contribution < -0.4 is 0 Å². The lowest BCUT2D eigenvalue weighted by Crippen LogP contribution is -2.38. The molecule has 2 heterocycles. The molecule has 0 aromatic carbocycles. The van der Waals surface area contributed by atoms with Gasteiger partial charge < -0.3 is 19.3 Å².